The quantitative estimate of drug-likeness (QED) is 0.727. The van der Waals surface area contributed by atoms with Crippen molar-refractivity contribution in [2.45, 2.75) is 38.7 Å². The van der Waals surface area contributed by atoms with Gasteiger partial charge in [0.2, 0.25) is 0 Å². The minimum absolute atomic E-state index is 0.0976. The normalized spacial score (nSPS) is 13.7. The third-order valence-electron chi connectivity index (χ3n) is 2.53. The van der Waals surface area contributed by atoms with Crippen LogP contribution in [0.2, 0.25) is 0 Å². The van der Waals surface area contributed by atoms with Gasteiger partial charge in [-0.3, -0.25) is 0 Å². The number of benzene rings is 1. The first-order valence-corrected chi connectivity index (χ1v) is 7.00. The van der Waals surface area contributed by atoms with Gasteiger partial charge in [0, 0.05) is 11.9 Å². The van der Waals surface area contributed by atoms with Crippen molar-refractivity contribution in [3.05, 3.63) is 35.6 Å². The lowest BCUT2D eigenvalue weighted by Gasteiger charge is -2.22. The van der Waals surface area contributed by atoms with Crippen LogP contribution in [0, 0.1) is 5.82 Å². The zero-order valence-electron chi connectivity index (χ0n) is 10.7. The van der Waals surface area contributed by atoms with E-state index in [9.17, 15) is 4.39 Å². The van der Waals surface area contributed by atoms with Crippen molar-refractivity contribution in [1.82, 2.24) is 0 Å². The van der Waals surface area contributed by atoms with Gasteiger partial charge in [-0.05, 0) is 50.8 Å². The Bertz CT molecular complexity index is 329. The molecule has 0 saturated carbocycles. The van der Waals surface area contributed by atoms with Crippen molar-refractivity contribution >= 4 is 15.9 Å². The Morgan fingerprint density at radius 3 is 2.29 bits per heavy atom. The summed E-state index contributed by atoms with van der Waals surface area (Å²) in [7, 11) is 0. The number of ether oxygens (including phenoxy) is 1. The summed E-state index contributed by atoms with van der Waals surface area (Å²) in [6.07, 6.45) is 0.939. The summed E-state index contributed by atoms with van der Waals surface area (Å²) in [6, 6.07) is 6.71. The van der Waals surface area contributed by atoms with Crippen molar-refractivity contribution in [1.29, 1.82) is 0 Å². The van der Waals surface area contributed by atoms with E-state index in [1.807, 2.05) is 32.9 Å². The van der Waals surface area contributed by atoms with Crippen molar-refractivity contribution in [2.75, 3.05) is 11.9 Å². The first kappa shape index (κ1) is 14.7. The molecule has 0 fully saturated rings. The Kier molecular flexibility index (Phi) is 5.60. The van der Waals surface area contributed by atoms with Gasteiger partial charge >= 0.3 is 0 Å². The Hall–Kier alpha value is -0.410. The fourth-order valence-electron chi connectivity index (χ4n) is 1.58. The molecule has 0 aromatic heterocycles. The van der Waals surface area contributed by atoms with E-state index in [2.05, 4.69) is 15.9 Å². The minimum Gasteiger partial charge on any atom is -0.376 e. The molecule has 1 aromatic carbocycles. The molecule has 1 rings (SSSR count). The number of hydrogen-bond acceptors (Lipinski definition) is 1. The van der Waals surface area contributed by atoms with Crippen LogP contribution in [0.15, 0.2) is 24.3 Å². The van der Waals surface area contributed by atoms with E-state index < -0.39 is 0 Å². The van der Waals surface area contributed by atoms with Crippen LogP contribution in [0.25, 0.3) is 0 Å². The highest BCUT2D eigenvalue weighted by Gasteiger charge is 2.14. The Morgan fingerprint density at radius 2 is 1.82 bits per heavy atom. The molecule has 1 nitrogen and oxygen atoms in total. The second kappa shape index (κ2) is 6.50. The fraction of sp³-hybridized carbons (Fsp3) is 0.571. The van der Waals surface area contributed by atoms with E-state index in [0.29, 0.717) is 5.92 Å². The summed E-state index contributed by atoms with van der Waals surface area (Å²) in [5.41, 5.74) is 1.06. The first-order chi connectivity index (χ1) is 7.92. The highest BCUT2D eigenvalue weighted by Crippen LogP contribution is 2.23. The predicted octanol–water partition coefficient (Wildman–Crippen LogP) is 4.51. The van der Waals surface area contributed by atoms with Crippen molar-refractivity contribution in [3.63, 3.8) is 0 Å². The Morgan fingerprint density at radius 1 is 1.24 bits per heavy atom. The molecule has 1 aromatic rings. The van der Waals surface area contributed by atoms with Crippen LogP contribution in [-0.4, -0.2) is 17.5 Å². The summed E-state index contributed by atoms with van der Waals surface area (Å²) >= 11 is 3.50. The summed E-state index contributed by atoms with van der Waals surface area (Å²) in [4.78, 5) is 0. The molecule has 0 amide bonds. The molecular formula is C14H20BrFO. The summed E-state index contributed by atoms with van der Waals surface area (Å²) in [5, 5.41) is 0.867. The molecule has 0 bridgehead atoms. The van der Waals surface area contributed by atoms with E-state index in [4.69, 9.17) is 4.74 Å². The molecule has 1 atom stereocenters. The van der Waals surface area contributed by atoms with Crippen molar-refractivity contribution in [2.24, 2.45) is 0 Å². The molecule has 0 aliphatic heterocycles. The molecule has 0 saturated heterocycles. The SMILES string of the molecule is CC(C)(C)OCCC(CBr)c1ccc(F)cc1. The molecule has 0 heterocycles. The van der Waals surface area contributed by atoms with Crippen molar-refractivity contribution < 1.29 is 9.13 Å². The number of hydrogen-bond donors (Lipinski definition) is 0. The molecule has 0 N–H and O–H groups in total. The van der Waals surface area contributed by atoms with E-state index >= 15 is 0 Å². The molecule has 0 aliphatic carbocycles. The molecule has 3 heteroatoms. The number of alkyl halides is 1. The smallest absolute Gasteiger partial charge is 0.123 e. The largest absolute Gasteiger partial charge is 0.376 e. The number of halogens is 2. The van der Waals surface area contributed by atoms with E-state index in [0.717, 1.165) is 23.9 Å². The van der Waals surface area contributed by atoms with Crippen LogP contribution < -0.4 is 0 Å². The third-order valence-corrected chi connectivity index (χ3v) is 3.31. The molecule has 1 unspecified atom stereocenters. The molecule has 0 aliphatic rings. The van der Waals surface area contributed by atoms with Crippen LogP contribution in [0.5, 0.6) is 0 Å². The summed E-state index contributed by atoms with van der Waals surface area (Å²) in [6.45, 7) is 6.87. The molecule has 17 heavy (non-hydrogen) atoms. The Labute approximate surface area is 111 Å². The maximum absolute atomic E-state index is 12.8. The van der Waals surface area contributed by atoms with Gasteiger partial charge in [0.05, 0.1) is 5.60 Å². The van der Waals surface area contributed by atoms with Crippen LogP contribution in [0.1, 0.15) is 38.7 Å². The minimum atomic E-state index is -0.187. The van der Waals surface area contributed by atoms with Gasteiger partial charge in [-0.25, -0.2) is 4.39 Å². The summed E-state index contributed by atoms with van der Waals surface area (Å²) < 4.78 is 18.5. The highest BCUT2D eigenvalue weighted by atomic mass is 79.9. The number of rotatable bonds is 5. The standard InChI is InChI=1S/C14H20BrFO/c1-14(2,3)17-9-8-12(10-15)11-4-6-13(16)7-5-11/h4-7,12H,8-10H2,1-3H3. The monoisotopic (exact) mass is 302 g/mol. The molecule has 96 valence electrons. The van der Waals surface area contributed by atoms with Crippen LogP contribution in [-0.2, 0) is 4.74 Å². The zero-order chi connectivity index (χ0) is 12.9. The predicted molar refractivity (Wildman–Crippen MR) is 73.3 cm³/mol. The van der Waals surface area contributed by atoms with Gasteiger partial charge in [0.25, 0.3) is 0 Å². The van der Waals surface area contributed by atoms with Gasteiger partial charge in [0.15, 0.2) is 0 Å². The zero-order valence-corrected chi connectivity index (χ0v) is 12.3. The lowest BCUT2D eigenvalue weighted by Crippen LogP contribution is -2.20. The molecular weight excluding hydrogens is 283 g/mol. The van der Waals surface area contributed by atoms with Crippen LogP contribution in [0.4, 0.5) is 4.39 Å². The lowest BCUT2D eigenvalue weighted by atomic mass is 9.98. The van der Waals surface area contributed by atoms with Gasteiger partial charge < -0.3 is 4.74 Å². The van der Waals surface area contributed by atoms with E-state index in [1.54, 1.807) is 0 Å². The first-order valence-electron chi connectivity index (χ1n) is 5.88. The third kappa shape index (κ3) is 5.64. The average Bonchev–Trinajstić information content (AvgIpc) is 2.24. The Balaban J connectivity index is 2.51. The highest BCUT2D eigenvalue weighted by molar-refractivity contribution is 9.09. The lowest BCUT2D eigenvalue weighted by molar-refractivity contribution is -0.00559. The maximum Gasteiger partial charge on any atom is 0.123 e. The maximum atomic E-state index is 12.8. The van der Waals surface area contributed by atoms with E-state index in [-0.39, 0.29) is 11.4 Å². The van der Waals surface area contributed by atoms with Gasteiger partial charge in [-0.1, -0.05) is 28.1 Å². The van der Waals surface area contributed by atoms with Gasteiger partial charge in [0.1, 0.15) is 5.82 Å². The molecule has 0 radical (unpaired) electrons. The van der Waals surface area contributed by atoms with Crippen molar-refractivity contribution in [3.8, 4) is 0 Å². The summed E-state index contributed by atoms with van der Waals surface area (Å²) in [5.74, 6) is 0.186. The van der Waals surface area contributed by atoms with Gasteiger partial charge in [-0.15, -0.1) is 0 Å². The second-order valence-electron chi connectivity index (χ2n) is 5.15. The fourth-order valence-corrected chi connectivity index (χ4v) is 2.27. The van der Waals surface area contributed by atoms with Crippen LogP contribution >= 0.6 is 15.9 Å². The molecule has 0 spiro atoms. The average molecular weight is 303 g/mol. The van der Waals surface area contributed by atoms with Crippen LogP contribution in [0.3, 0.4) is 0 Å². The van der Waals surface area contributed by atoms with Gasteiger partial charge in [-0.2, -0.15) is 0 Å². The van der Waals surface area contributed by atoms with E-state index in [1.165, 1.54) is 12.1 Å². The second-order valence-corrected chi connectivity index (χ2v) is 5.80. The topological polar surface area (TPSA) is 9.23 Å².